The van der Waals surface area contributed by atoms with Crippen molar-refractivity contribution in [1.29, 1.82) is 0 Å². The molecule has 7 heteroatoms. The SMILES string of the molecule is CN=C(NCCN1CCc2sccc2C1)NCC1(CCO)CCOC1. The van der Waals surface area contributed by atoms with Gasteiger partial charge in [-0.25, -0.2) is 0 Å². The van der Waals surface area contributed by atoms with E-state index < -0.39 is 0 Å². The van der Waals surface area contributed by atoms with Gasteiger partial charge >= 0.3 is 0 Å². The number of guanidine groups is 1. The first-order valence-electron chi connectivity index (χ1n) is 9.15. The van der Waals surface area contributed by atoms with Gasteiger partial charge in [0, 0.05) is 63.3 Å². The Labute approximate surface area is 154 Å². The van der Waals surface area contributed by atoms with E-state index in [9.17, 15) is 5.11 Å². The van der Waals surface area contributed by atoms with Crippen molar-refractivity contribution >= 4 is 17.3 Å². The Morgan fingerprint density at radius 1 is 1.48 bits per heavy atom. The van der Waals surface area contributed by atoms with E-state index in [0.717, 1.165) is 58.1 Å². The molecular weight excluding hydrogens is 336 g/mol. The van der Waals surface area contributed by atoms with Gasteiger partial charge in [-0.3, -0.25) is 9.89 Å². The lowest BCUT2D eigenvalue weighted by Crippen LogP contribution is -2.46. The molecule has 2 aliphatic rings. The average molecular weight is 367 g/mol. The number of fused-ring (bicyclic) bond motifs is 1. The van der Waals surface area contributed by atoms with Crippen LogP contribution in [0.3, 0.4) is 0 Å². The largest absolute Gasteiger partial charge is 0.396 e. The zero-order valence-electron chi connectivity index (χ0n) is 15.1. The normalized spacial score (nSPS) is 24.3. The molecule has 3 rings (SSSR count). The third-order valence-corrected chi connectivity index (χ3v) is 6.31. The van der Waals surface area contributed by atoms with Gasteiger partial charge in [0.1, 0.15) is 0 Å². The van der Waals surface area contributed by atoms with Crippen LogP contribution in [0.25, 0.3) is 0 Å². The van der Waals surface area contributed by atoms with Crippen molar-refractivity contribution in [2.45, 2.75) is 25.8 Å². The Hall–Kier alpha value is -1.15. The first kappa shape index (κ1) is 18.6. The van der Waals surface area contributed by atoms with E-state index in [2.05, 4.69) is 32.0 Å². The number of hydrogen-bond donors (Lipinski definition) is 3. The number of aliphatic hydroxyl groups excluding tert-OH is 1. The number of aliphatic imine (C=N–C) groups is 1. The molecular formula is C18H30N4O2S. The summed E-state index contributed by atoms with van der Waals surface area (Å²) in [5.74, 6) is 0.831. The van der Waals surface area contributed by atoms with Crippen LogP contribution in [0.4, 0.5) is 0 Å². The van der Waals surface area contributed by atoms with E-state index in [4.69, 9.17) is 4.74 Å². The number of nitrogens with one attached hydrogen (secondary N) is 2. The third-order valence-electron chi connectivity index (χ3n) is 5.29. The lowest BCUT2D eigenvalue weighted by Gasteiger charge is -2.29. The van der Waals surface area contributed by atoms with Crippen molar-refractivity contribution in [3.8, 4) is 0 Å². The lowest BCUT2D eigenvalue weighted by atomic mass is 9.84. The first-order chi connectivity index (χ1) is 12.2. The summed E-state index contributed by atoms with van der Waals surface area (Å²) < 4.78 is 5.54. The molecule has 6 nitrogen and oxygen atoms in total. The van der Waals surface area contributed by atoms with Crippen molar-refractivity contribution < 1.29 is 9.84 Å². The number of thiophene rings is 1. The molecule has 0 spiro atoms. The third kappa shape index (κ3) is 4.94. The topological polar surface area (TPSA) is 69.1 Å². The van der Waals surface area contributed by atoms with E-state index in [1.54, 1.807) is 11.9 Å². The van der Waals surface area contributed by atoms with Gasteiger partial charge in [0.15, 0.2) is 5.96 Å². The van der Waals surface area contributed by atoms with Crippen LogP contribution < -0.4 is 10.6 Å². The average Bonchev–Trinajstić information content (AvgIpc) is 3.27. The summed E-state index contributed by atoms with van der Waals surface area (Å²) in [6, 6.07) is 2.25. The standard InChI is InChI=1S/C18H30N4O2S/c1-19-17(21-13-18(4-9-23)5-10-24-14-18)20-6-8-22-7-2-16-15(12-22)3-11-25-16/h3,11,23H,2,4-10,12-14H2,1H3,(H2,19,20,21). The van der Waals surface area contributed by atoms with Crippen LogP contribution in [0.5, 0.6) is 0 Å². The molecule has 1 aromatic rings. The summed E-state index contributed by atoms with van der Waals surface area (Å²) in [7, 11) is 1.80. The van der Waals surface area contributed by atoms with Crippen LogP contribution in [0.1, 0.15) is 23.3 Å². The smallest absolute Gasteiger partial charge is 0.191 e. The molecule has 1 aromatic heterocycles. The quantitative estimate of drug-likeness (QED) is 0.497. The monoisotopic (exact) mass is 366 g/mol. The van der Waals surface area contributed by atoms with Crippen LogP contribution in [0.2, 0.25) is 0 Å². The number of hydrogen-bond acceptors (Lipinski definition) is 5. The van der Waals surface area contributed by atoms with Gasteiger partial charge < -0.3 is 20.5 Å². The molecule has 140 valence electrons. The van der Waals surface area contributed by atoms with Crippen molar-refractivity contribution in [3.63, 3.8) is 0 Å². The van der Waals surface area contributed by atoms with Gasteiger partial charge in [-0.15, -0.1) is 11.3 Å². The predicted molar refractivity (Wildman–Crippen MR) is 102 cm³/mol. The van der Waals surface area contributed by atoms with Crippen molar-refractivity contribution in [1.82, 2.24) is 15.5 Å². The molecule has 0 radical (unpaired) electrons. The minimum atomic E-state index is 0.0363. The van der Waals surface area contributed by atoms with Crippen LogP contribution in [-0.4, -0.2) is 69.0 Å². The van der Waals surface area contributed by atoms with Crippen molar-refractivity contribution in [3.05, 3.63) is 21.9 Å². The molecule has 0 amide bonds. The lowest BCUT2D eigenvalue weighted by molar-refractivity contribution is 0.127. The second-order valence-corrected chi connectivity index (χ2v) is 8.02. The molecule has 1 saturated heterocycles. The Bertz CT molecular complexity index is 569. The molecule has 1 unspecified atom stereocenters. The Morgan fingerprint density at radius 2 is 2.40 bits per heavy atom. The van der Waals surface area contributed by atoms with Crippen molar-refractivity contribution in [2.75, 3.05) is 53.0 Å². The molecule has 0 aliphatic carbocycles. The highest BCUT2D eigenvalue weighted by Crippen LogP contribution is 2.31. The highest BCUT2D eigenvalue weighted by Gasteiger charge is 2.34. The van der Waals surface area contributed by atoms with Gasteiger partial charge in [-0.05, 0) is 36.3 Å². The zero-order chi connectivity index (χ0) is 17.5. The predicted octanol–water partition coefficient (Wildman–Crippen LogP) is 1.06. The van der Waals surface area contributed by atoms with Gasteiger partial charge in [0.25, 0.3) is 0 Å². The van der Waals surface area contributed by atoms with Crippen molar-refractivity contribution in [2.24, 2.45) is 10.4 Å². The molecule has 0 aromatic carbocycles. The molecule has 2 aliphatic heterocycles. The van der Waals surface area contributed by atoms with Gasteiger partial charge in [-0.2, -0.15) is 0 Å². The van der Waals surface area contributed by atoms with E-state index >= 15 is 0 Å². The molecule has 0 saturated carbocycles. The summed E-state index contributed by atoms with van der Waals surface area (Å²) in [4.78, 5) is 8.37. The first-order valence-corrected chi connectivity index (χ1v) is 10.0. The fourth-order valence-electron chi connectivity index (χ4n) is 3.63. The molecule has 1 fully saturated rings. The summed E-state index contributed by atoms with van der Waals surface area (Å²) in [6.07, 6.45) is 2.94. The van der Waals surface area contributed by atoms with E-state index in [1.165, 1.54) is 12.0 Å². The van der Waals surface area contributed by atoms with Crippen LogP contribution >= 0.6 is 11.3 Å². The van der Waals surface area contributed by atoms with Crippen LogP contribution in [0.15, 0.2) is 16.4 Å². The fourth-order valence-corrected chi connectivity index (χ4v) is 4.52. The molecule has 1 atom stereocenters. The van der Waals surface area contributed by atoms with Gasteiger partial charge in [-0.1, -0.05) is 0 Å². The van der Waals surface area contributed by atoms with Crippen LogP contribution in [0, 0.1) is 5.41 Å². The second-order valence-electron chi connectivity index (χ2n) is 7.02. The minimum absolute atomic E-state index is 0.0363. The Kier molecular flexibility index (Phi) is 6.70. The molecule has 0 bridgehead atoms. The maximum Gasteiger partial charge on any atom is 0.191 e. The fraction of sp³-hybridized carbons (Fsp3) is 0.722. The number of rotatable bonds is 7. The van der Waals surface area contributed by atoms with Crippen LogP contribution in [-0.2, 0) is 17.7 Å². The van der Waals surface area contributed by atoms with Gasteiger partial charge in [0.2, 0.25) is 0 Å². The molecule has 3 N–H and O–H groups in total. The van der Waals surface area contributed by atoms with E-state index in [-0.39, 0.29) is 12.0 Å². The van der Waals surface area contributed by atoms with E-state index in [1.807, 2.05) is 11.3 Å². The summed E-state index contributed by atoms with van der Waals surface area (Å²) in [6.45, 7) is 6.58. The molecule has 3 heterocycles. The van der Waals surface area contributed by atoms with E-state index in [0.29, 0.717) is 6.61 Å². The summed E-state index contributed by atoms with van der Waals surface area (Å²) in [5.41, 5.74) is 1.53. The number of nitrogens with zero attached hydrogens (tertiary/aromatic N) is 2. The summed E-state index contributed by atoms with van der Waals surface area (Å²) in [5, 5.41) is 18.4. The molecule has 25 heavy (non-hydrogen) atoms. The summed E-state index contributed by atoms with van der Waals surface area (Å²) >= 11 is 1.88. The highest BCUT2D eigenvalue weighted by molar-refractivity contribution is 7.10. The van der Waals surface area contributed by atoms with Gasteiger partial charge in [0.05, 0.1) is 6.61 Å². The number of ether oxygens (including phenoxy) is 1. The Morgan fingerprint density at radius 3 is 3.16 bits per heavy atom. The Balaban J connectivity index is 1.39. The zero-order valence-corrected chi connectivity index (χ0v) is 15.9. The maximum atomic E-state index is 9.32. The maximum absolute atomic E-state index is 9.32. The highest BCUT2D eigenvalue weighted by atomic mass is 32.1. The minimum Gasteiger partial charge on any atom is -0.396 e. The number of aliphatic hydroxyl groups is 1. The second kappa shape index (κ2) is 8.98.